The lowest BCUT2D eigenvalue weighted by Crippen LogP contribution is -2.49. The Morgan fingerprint density at radius 1 is 1.58 bits per heavy atom. The van der Waals surface area contributed by atoms with Crippen LogP contribution in [0.15, 0.2) is 18.2 Å². The maximum atomic E-state index is 10.8. The molecule has 1 N–H and O–H groups in total. The molecule has 1 aromatic carbocycles. The monoisotopic (exact) mass is 266 g/mol. The molecule has 2 rings (SSSR count). The minimum absolute atomic E-state index is 0.0187. The summed E-state index contributed by atoms with van der Waals surface area (Å²) in [6.45, 7) is 4.88. The van der Waals surface area contributed by atoms with Crippen LogP contribution in [0.2, 0.25) is 0 Å². The van der Waals surface area contributed by atoms with Crippen molar-refractivity contribution in [1.29, 1.82) is 0 Å². The standard InChI is InChI=1S/C13H18N2O4/c1-9-5-11(3-4-13(9)15(17)18)14-6-12(7-16)19-8-10(14)2/h3-5,10,12,16H,6-8H2,1-2H3/t10-,12+/m0/s1. The van der Waals surface area contributed by atoms with Crippen molar-refractivity contribution in [1.82, 2.24) is 0 Å². The Balaban J connectivity index is 2.25. The van der Waals surface area contributed by atoms with E-state index in [1.54, 1.807) is 13.0 Å². The van der Waals surface area contributed by atoms with Gasteiger partial charge in [0.05, 0.1) is 24.2 Å². The van der Waals surface area contributed by atoms with Crippen molar-refractivity contribution < 1.29 is 14.8 Å². The van der Waals surface area contributed by atoms with Crippen molar-refractivity contribution in [3.63, 3.8) is 0 Å². The SMILES string of the molecule is Cc1cc(N2C[C@H](CO)OC[C@@H]2C)ccc1[N+](=O)[O-]. The first-order chi connectivity index (χ1) is 9.02. The smallest absolute Gasteiger partial charge is 0.272 e. The molecule has 1 fully saturated rings. The summed E-state index contributed by atoms with van der Waals surface area (Å²) in [5.41, 5.74) is 1.70. The molecule has 0 amide bonds. The molecule has 2 atom stereocenters. The van der Waals surface area contributed by atoms with Crippen molar-refractivity contribution >= 4 is 11.4 Å². The van der Waals surface area contributed by atoms with Crippen LogP contribution < -0.4 is 4.90 Å². The second-order valence-corrected chi connectivity index (χ2v) is 4.87. The summed E-state index contributed by atoms with van der Waals surface area (Å²) in [6, 6.07) is 5.28. The summed E-state index contributed by atoms with van der Waals surface area (Å²) in [6.07, 6.45) is -0.202. The van der Waals surface area contributed by atoms with Crippen LogP contribution in [-0.2, 0) is 4.74 Å². The molecular weight excluding hydrogens is 248 g/mol. The first-order valence-electron chi connectivity index (χ1n) is 6.27. The number of benzene rings is 1. The normalized spacial score (nSPS) is 23.4. The fraction of sp³-hybridized carbons (Fsp3) is 0.538. The molecule has 19 heavy (non-hydrogen) atoms. The quantitative estimate of drug-likeness (QED) is 0.662. The van der Waals surface area contributed by atoms with Gasteiger partial charge in [0.15, 0.2) is 0 Å². The van der Waals surface area contributed by atoms with E-state index in [9.17, 15) is 15.2 Å². The van der Waals surface area contributed by atoms with Crippen molar-refractivity contribution in [3.05, 3.63) is 33.9 Å². The van der Waals surface area contributed by atoms with Crippen molar-refractivity contribution in [2.75, 3.05) is 24.7 Å². The fourth-order valence-electron chi connectivity index (χ4n) is 2.31. The Kier molecular flexibility index (Phi) is 4.01. The molecular formula is C13H18N2O4. The van der Waals surface area contributed by atoms with Crippen LogP contribution in [0.1, 0.15) is 12.5 Å². The molecule has 104 valence electrons. The van der Waals surface area contributed by atoms with Crippen molar-refractivity contribution in [2.45, 2.75) is 26.0 Å². The highest BCUT2D eigenvalue weighted by atomic mass is 16.6. The lowest BCUT2D eigenvalue weighted by molar-refractivity contribution is -0.385. The zero-order valence-corrected chi connectivity index (χ0v) is 11.1. The summed E-state index contributed by atoms with van der Waals surface area (Å²) in [5.74, 6) is 0. The number of aliphatic hydroxyl groups is 1. The van der Waals surface area contributed by atoms with Crippen LogP contribution >= 0.6 is 0 Å². The number of hydrogen-bond donors (Lipinski definition) is 1. The number of anilines is 1. The Hall–Kier alpha value is -1.66. The van der Waals surface area contributed by atoms with Gasteiger partial charge >= 0.3 is 0 Å². The Labute approximate surface area is 111 Å². The molecule has 1 aliphatic rings. The highest BCUT2D eigenvalue weighted by Gasteiger charge is 2.26. The molecule has 6 nitrogen and oxygen atoms in total. The molecule has 1 saturated heterocycles. The minimum Gasteiger partial charge on any atom is -0.394 e. The van der Waals surface area contributed by atoms with Crippen molar-refractivity contribution in [2.24, 2.45) is 0 Å². The number of nitrogens with zero attached hydrogens (tertiary/aromatic N) is 2. The van der Waals surface area contributed by atoms with Gasteiger partial charge in [-0.05, 0) is 26.0 Å². The van der Waals surface area contributed by atoms with Gasteiger partial charge in [0.2, 0.25) is 0 Å². The van der Waals surface area contributed by atoms with Gasteiger partial charge in [-0.1, -0.05) is 0 Å². The van der Waals surface area contributed by atoms with E-state index in [2.05, 4.69) is 4.90 Å². The van der Waals surface area contributed by atoms with Crippen LogP contribution in [0.5, 0.6) is 0 Å². The third-order valence-electron chi connectivity index (χ3n) is 3.42. The van der Waals surface area contributed by atoms with Crippen LogP contribution in [0.4, 0.5) is 11.4 Å². The third-order valence-corrected chi connectivity index (χ3v) is 3.42. The van der Waals surface area contributed by atoms with Gasteiger partial charge < -0.3 is 14.7 Å². The molecule has 0 bridgehead atoms. The second kappa shape index (κ2) is 5.54. The molecule has 0 radical (unpaired) electrons. The Morgan fingerprint density at radius 3 is 2.89 bits per heavy atom. The van der Waals surface area contributed by atoms with Crippen LogP contribution in [-0.4, -0.2) is 41.9 Å². The highest BCUT2D eigenvalue weighted by molar-refractivity contribution is 5.56. The number of nitro benzene ring substituents is 1. The Bertz CT molecular complexity index is 478. The van der Waals surface area contributed by atoms with Crippen LogP contribution in [0.3, 0.4) is 0 Å². The number of hydrogen-bond acceptors (Lipinski definition) is 5. The topological polar surface area (TPSA) is 75.8 Å². The van der Waals surface area contributed by atoms with Gasteiger partial charge in [-0.2, -0.15) is 0 Å². The number of aryl methyl sites for hydroxylation is 1. The zero-order chi connectivity index (χ0) is 14.0. The summed E-state index contributed by atoms with van der Waals surface area (Å²) in [4.78, 5) is 12.5. The predicted octanol–water partition coefficient (Wildman–Crippen LogP) is 1.49. The molecule has 1 heterocycles. The summed E-state index contributed by atoms with van der Waals surface area (Å²) >= 11 is 0. The first-order valence-corrected chi connectivity index (χ1v) is 6.27. The van der Waals surface area contributed by atoms with Gasteiger partial charge in [0.25, 0.3) is 5.69 Å². The van der Waals surface area contributed by atoms with E-state index in [1.807, 2.05) is 13.0 Å². The van der Waals surface area contributed by atoms with E-state index in [4.69, 9.17) is 4.74 Å². The third kappa shape index (κ3) is 2.85. The van der Waals surface area contributed by atoms with E-state index < -0.39 is 0 Å². The lowest BCUT2D eigenvalue weighted by atomic mass is 10.1. The average molecular weight is 266 g/mol. The lowest BCUT2D eigenvalue weighted by Gasteiger charge is -2.39. The number of ether oxygens (including phenoxy) is 1. The summed E-state index contributed by atoms with van der Waals surface area (Å²) < 4.78 is 5.48. The molecule has 0 aliphatic carbocycles. The average Bonchev–Trinajstić information content (AvgIpc) is 2.38. The maximum Gasteiger partial charge on any atom is 0.272 e. The maximum absolute atomic E-state index is 10.8. The molecule has 0 saturated carbocycles. The number of nitro groups is 1. The van der Waals surface area contributed by atoms with Gasteiger partial charge in [-0.15, -0.1) is 0 Å². The van der Waals surface area contributed by atoms with Gasteiger partial charge in [-0.3, -0.25) is 10.1 Å². The van der Waals surface area contributed by atoms with E-state index in [1.165, 1.54) is 6.07 Å². The van der Waals surface area contributed by atoms with E-state index in [-0.39, 0.29) is 29.4 Å². The molecule has 0 unspecified atom stereocenters. The van der Waals surface area contributed by atoms with E-state index in [0.717, 1.165) is 5.69 Å². The van der Waals surface area contributed by atoms with Crippen LogP contribution in [0.25, 0.3) is 0 Å². The van der Waals surface area contributed by atoms with Crippen molar-refractivity contribution in [3.8, 4) is 0 Å². The molecule has 6 heteroatoms. The zero-order valence-electron chi connectivity index (χ0n) is 11.1. The van der Waals surface area contributed by atoms with Gasteiger partial charge in [0.1, 0.15) is 0 Å². The van der Waals surface area contributed by atoms with Gasteiger partial charge in [-0.25, -0.2) is 0 Å². The minimum atomic E-state index is -0.377. The molecule has 0 aromatic heterocycles. The highest BCUT2D eigenvalue weighted by Crippen LogP contribution is 2.27. The predicted molar refractivity (Wildman–Crippen MR) is 71.5 cm³/mol. The van der Waals surface area contributed by atoms with Gasteiger partial charge in [0, 0.05) is 29.9 Å². The second-order valence-electron chi connectivity index (χ2n) is 4.87. The Morgan fingerprint density at radius 2 is 2.32 bits per heavy atom. The molecule has 1 aliphatic heterocycles. The van der Waals surface area contributed by atoms with E-state index >= 15 is 0 Å². The van der Waals surface area contributed by atoms with Crippen LogP contribution in [0, 0.1) is 17.0 Å². The van der Waals surface area contributed by atoms with E-state index in [0.29, 0.717) is 18.7 Å². The summed E-state index contributed by atoms with van der Waals surface area (Å²) in [7, 11) is 0. The summed E-state index contributed by atoms with van der Waals surface area (Å²) in [5, 5.41) is 20.0. The fourth-order valence-corrected chi connectivity index (χ4v) is 2.31. The number of aliphatic hydroxyl groups excluding tert-OH is 1. The molecule has 0 spiro atoms. The number of rotatable bonds is 3. The number of morpholine rings is 1. The largest absolute Gasteiger partial charge is 0.394 e. The first kappa shape index (κ1) is 13.8. The molecule has 1 aromatic rings.